The van der Waals surface area contributed by atoms with Gasteiger partial charge in [-0.3, -0.25) is 4.40 Å². The van der Waals surface area contributed by atoms with E-state index in [4.69, 9.17) is 10.7 Å². The van der Waals surface area contributed by atoms with Crippen LogP contribution in [0.4, 0.5) is 5.82 Å². The second-order valence-corrected chi connectivity index (χ2v) is 8.49. The van der Waals surface area contributed by atoms with Crippen LogP contribution < -0.4 is 5.73 Å². The van der Waals surface area contributed by atoms with Crippen LogP contribution in [-0.2, 0) is 12.8 Å². The molecule has 2 aromatic heterocycles. The minimum atomic E-state index is 0.387. The second-order valence-electron chi connectivity index (χ2n) is 7.43. The summed E-state index contributed by atoms with van der Waals surface area (Å²) in [5.74, 6) is 2.02. The van der Waals surface area contributed by atoms with Crippen LogP contribution >= 0.6 is 11.3 Å². The molecule has 0 aromatic carbocycles. The number of nitrogen functional groups attached to an aromatic ring is 1. The molecule has 1 aliphatic rings. The largest absolute Gasteiger partial charge is 0.383 e. The number of hydrogen-bond donors (Lipinski definition) is 1. The van der Waals surface area contributed by atoms with Crippen molar-refractivity contribution in [3.05, 3.63) is 16.3 Å². The van der Waals surface area contributed by atoms with Gasteiger partial charge in [-0.05, 0) is 36.5 Å². The van der Waals surface area contributed by atoms with E-state index in [1.54, 1.807) is 0 Å². The molecular formula is C16H25N3S. The number of anilines is 1. The van der Waals surface area contributed by atoms with E-state index in [9.17, 15) is 0 Å². The van der Waals surface area contributed by atoms with Crippen LogP contribution in [-0.4, -0.2) is 9.38 Å². The molecule has 1 unspecified atom stereocenters. The van der Waals surface area contributed by atoms with Gasteiger partial charge in [-0.25, -0.2) is 4.98 Å². The van der Waals surface area contributed by atoms with Gasteiger partial charge in [-0.2, -0.15) is 0 Å². The summed E-state index contributed by atoms with van der Waals surface area (Å²) in [5.41, 5.74) is 9.19. The molecule has 0 spiro atoms. The molecule has 2 N–H and O–H groups in total. The Morgan fingerprint density at radius 1 is 1.35 bits per heavy atom. The van der Waals surface area contributed by atoms with Gasteiger partial charge in [0.25, 0.3) is 0 Å². The smallest absolute Gasteiger partial charge is 0.196 e. The first-order chi connectivity index (χ1) is 9.29. The van der Waals surface area contributed by atoms with E-state index in [1.807, 2.05) is 11.3 Å². The molecule has 2 heterocycles. The zero-order chi connectivity index (χ0) is 14.7. The van der Waals surface area contributed by atoms with Crippen molar-refractivity contribution in [3.8, 4) is 0 Å². The Hall–Kier alpha value is -1.03. The Balaban J connectivity index is 2.05. The number of rotatable bonds is 1. The zero-order valence-corrected chi connectivity index (χ0v) is 14.0. The van der Waals surface area contributed by atoms with Gasteiger partial charge in [0.2, 0.25) is 0 Å². The van der Waals surface area contributed by atoms with E-state index < -0.39 is 0 Å². The summed E-state index contributed by atoms with van der Waals surface area (Å²) < 4.78 is 2.22. The van der Waals surface area contributed by atoms with Crippen LogP contribution in [0.2, 0.25) is 0 Å². The maximum Gasteiger partial charge on any atom is 0.196 e. The molecule has 0 saturated carbocycles. The van der Waals surface area contributed by atoms with E-state index >= 15 is 0 Å². The third-order valence-electron chi connectivity index (χ3n) is 4.65. The summed E-state index contributed by atoms with van der Waals surface area (Å²) in [5, 5.41) is 0. The van der Waals surface area contributed by atoms with Crippen molar-refractivity contribution in [3.63, 3.8) is 0 Å². The summed E-state index contributed by atoms with van der Waals surface area (Å²) in [6, 6.07) is 0. The molecule has 20 heavy (non-hydrogen) atoms. The third-order valence-corrected chi connectivity index (χ3v) is 5.76. The average Bonchev–Trinajstić information content (AvgIpc) is 2.84. The summed E-state index contributed by atoms with van der Waals surface area (Å²) >= 11 is 1.84. The first-order valence-corrected chi connectivity index (χ1v) is 8.39. The molecule has 3 nitrogen and oxygen atoms in total. The summed E-state index contributed by atoms with van der Waals surface area (Å²) in [4.78, 5) is 7.35. The van der Waals surface area contributed by atoms with Gasteiger partial charge in [0.05, 0.1) is 5.69 Å². The zero-order valence-electron chi connectivity index (χ0n) is 13.2. The van der Waals surface area contributed by atoms with Crippen molar-refractivity contribution >= 4 is 22.1 Å². The van der Waals surface area contributed by atoms with Crippen LogP contribution in [0.3, 0.4) is 0 Å². The highest BCUT2D eigenvalue weighted by atomic mass is 32.1. The fourth-order valence-electron chi connectivity index (χ4n) is 3.26. The van der Waals surface area contributed by atoms with E-state index in [0.717, 1.165) is 28.8 Å². The van der Waals surface area contributed by atoms with E-state index in [-0.39, 0.29) is 0 Å². The van der Waals surface area contributed by atoms with E-state index in [1.165, 1.54) is 23.4 Å². The Bertz CT molecular complexity index is 643. The van der Waals surface area contributed by atoms with Crippen molar-refractivity contribution < 1.29 is 0 Å². The SMILES string of the molecule is CC(C)c1nc2sc3c(n2c1N)CCC(C(C)(C)C)C3. The number of aryl methyl sites for hydroxylation is 1. The molecule has 0 fully saturated rings. The van der Waals surface area contributed by atoms with E-state index in [2.05, 4.69) is 39.0 Å². The summed E-state index contributed by atoms with van der Waals surface area (Å²) in [6.07, 6.45) is 3.58. The number of hydrogen-bond acceptors (Lipinski definition) is 3. The summed E-state index contributed by atoms with van der Waals surface area (Å²) in [6.45, 7) is 11.4. The Kier molecular flexibility index (Phi) is 3.12. The Morgan fingerprint density at radius 3 is 2.65 bits per heavy atom. The standard InChI is InChI=1S/C16H25N3S/c1-9(2)13-14(17)19-11-7-6-10(16(3,4)5)8-12(11)20-15(19)18-13/h9-10H,6-8,17H2,1-5H3. The maximum atomic E-state index is 6.34. The van der Waals surface area contributed by atoms with Crippen LogP contribution in [0.1, 0.15) is 63.2 Å². The lowest BCUT2D eigenvalue weighted by Crippen LogP contribution is -2.26. The number of fused-ring (bicyclic) bond motifs is 3. The molecule has 2 aromatic rings. The molecule has 4 heteroatoms. The lowest BCUT2D eigenvalue weighted by atomic mass is 9.73. The number of imidazole rings is 1. The quantitative estimate of drug-likeness (QED) is 0.853. The highest BCUT2D eigenvalue weighted by Crippen LogP contribution is 2.41. The van der Waals surface area contributed by atoms with Gasteiger partial charge >= 0.3 is 0 Å². The van der Waals surface area contributed by atoms with Crippen LogP contribution in [0.5, 0.6) is 0 Å². The first-order valence-electron chi connectivity index (χ1n) is 7.57. The van der Waals surface area contributed by atoms with Crippen LogP contribution in [0.25, 0.3) is 4.96 Å². The molecule has 0 radical (unpaired) electrons. The van der Waals surface area contributed by atoms with Gasteiger partial charge < -0.3 is 5.73 Å². The maximum absolute atomic E-state index is 6.34. The minimum absolute atomic E-state index is 0.387. The highest BCUT2D eigenvalue weighted by molar-refractivity contribution is 7.17. The average molecular weight is 291 g/mol. The molecule has 1 atom stereocenters. The van der Waals surface area contributed by atoms with Crippen molar-refractivity contribution in [1.29, 1.82) is 0 Å². The minimum Gasteiger partial charge on any atom is -0.383 e. The first kappa shape index (κ1) is 13.9. The second kappa shape index (κ2) is 4.48. The third kappa shape index (κ3) is 2.05. The van der Waals surface area contributed by atoms with Gasteiger partial charge in [-0.15, -0.1) is 11.3 Å². The Labute approximate surface area is 125 Å². The molecule has 0 bridgehead atoms. The monoisotopic (exact) mass is 291 g/mol. The summed E-state index contributed by atoms with van der Waals surface area (Å²) in [7, 11) is 0. The fraction of sp³-hybridized carbons (Fsp3) is 0.688. The molecule has 110 valence electrons. The van der Waals surface area contributed by atoms with Gasteiger partial charge in [-0.1, -0.05) is 34.6 Å². The fourth-order valence-corrected chi connectivity index (χ4v) is 4.52. The van der Waals surface area contributed by atoms with Crippen molar-refractivity contribution in [2.24, 2.45) is 11.3 Å². The van der Waals surface area contributed by atoms with Crippen molar-refractivity contribution in [1.82, 2.24) is 9.38 Å². The molecule has 0 saturated heterocycles. The number of thiazole rings is 1. The number of nitrogens with two attached hydrogens (primary N) is 1. The van der Waals surface area contributed by atoms with Gasteiger partial charge in [0.15, 0.2) is 4.96 Å². The van der Waals surface area contributed by atoms with E-state index in [0.29, 0.717) is 11.3 Å². The normalized spacial score (nSPS) is 19.8. The lowest BCUT2D eigenvalue weighted by molar-refractivity contribution is 0.216. The van der Waals surface area contributed by atoms with Crippen molar-refractivity contribution in [2.45, 2.75) is 59.8 Å². The van der Waals surface area contributed by atoms with Crippen LogP contribution in [0.15, 0.2) is 0 Å². The number of aromatic nitrogens is 2. The molecular weight excluding hydrogens is 266 g/mol. The van der Waals surface area contributed by atoms with Crippen LogP contribution in [0, 0.1) is 11.3 Å². The highest BCUT2D eigenvalue weighted by Gasteiger charge is 2.32. The molecule has 1 aliphatic carbocycles. The predicted molar refractivity (Wildman–Crippen MR) is 86.5 cm³/mol. The molecule has 0 aliphatic heterocycles. The predicted octanol–water partition coefficient (Wildman–Crippen LogP) is 4.25. The topological polar surface area (TPSA) is 43.3 Å². The van der Waals surface area contributed by atoms with Crippen molar-refractivity contribution in [2.75, 3.05) is 5.73 Å². The number of nitrogens with zero attached hydrogens (tertiary/aromatic N) is 2. The van der Waals surface area contributed by atoms with Gasteiger partial charge in [0, 0.05) is 10.6 Å². The van der Waals surface area contributed by atoms with Gasteiger partial charge in [0.1, 0.15) is 5.82 Å². The Morgan fingerprint density at radius 2 is 2.05 bits per heavy atom. The molecule has 3 rings (SSSR count). The lowest BCUT2D eigenvalue weighted by Gasteiger charge is -2.33. The molecule has 0 amide bonds.